The summed E-state index contributed by atoms with van der Waals surface area (Å²) in [6.45, 7) is 0. The van der Waals surface area contributed by atoms with Crippen LogP contribution in [-0.4, -0.2) is 12.8 Å². The van der Waals surface area contributed by atoms with E-state index >= 15 is 0 Å². The number of benzene rings is 1. The number of rotatable bonds is 0. The number of hydrogen-bond donors (Lipinski definition) is 1. The van der Waals surface area contributed by atoms with E-state index in [9.17, 15) is 0 Å². The van der Waals surface area contributed by atoms with Gasteiger partial charge in [-0.2, -0.15) is 0 Å². The fourth-order valence-corrected chi connectivity index (χ4v) is 2.19. The first-order valence-corrected chi connectivity index (χ1v) is 5.13. The Bertz CT molecular complexity index is 607. The van der Waals surface area contributed by atoms with Crippen molar-refractivity contribution in [3.05, 3.63) is 28.8 Å². The van der Waals surface area contributed by atoms with Crippen LogP contribution >= 0.6 is 0 Å². The van der Waals surface area contributed by atoms with Crippen molar-refractivity contribution in [1.82, 2.24) is 4.98 Å². The Hall–Kier alpha value is -1.44. The molecule has 1 nitrogen and oxygen atoms in total. The standard InChI is InChI=1S/C12H12BN/c13-8-5-6-10-9-3-1-2-4-11(9)14-12(10)7-8/h3-7,14H,1-2,13H2. The van der Waals surface area contributed by atoms with Crippen LogP contribution in [0.3, 0.4) is 0 Å². The van der Waals surface area contributed by atoms with Gasteiger partial charge in [0.1, 0.15) is 7.85 Å². The molecule has 1 aromatic carbocycles. The van der Waals surface area contributed by atoms with Crippen LogP contribution in [0.25, 0.3) is 23.1 Å². The molecule has 0 unspecified atom stereocenters. The highest BCUT2D eigenvalue weighted by Crippen LogP contribution is 2.05. The second kappa shape index (κ2) is 2.78. The molecule has 0 aliphatic heterocycles. The van der Waals surface area contributed by atoms with Gasteiger partial charge in [0, 0.05) is 21.5 Å². The first-order chi connectivity index (χ1) is 6.84. The van der Waals surface area contributed by atoms with Gasteiger partial charge in [0.25, 0.3) is 0 Å². The van der Waals surface area contributed by atoms with Crippen molar-refractivity contribution >= 4 is 36.4 Å². The van der Waals surface area contributed by atoms with Crippen LogP contribution in [-0.2, 0) is 0 Å². The highest BCUT2D eigenvalue weighted by molar-refractivity contribution is 6.33. The molecule has 0 spiro atoms. The molecular formula is C12H12BN. The van der Waals surface area contributed by atoms with Crippen LogP contribution < -0.4 is 16.0 Å². The van der Waals surface area contributed by atoms with E-state index < -0.39 is 0 Å². The number of fused-ring (bicyclic) bond motifs is 3. The van der Waals surface area contributed by atoms with E-state index in [1.54, 1.807) is 0 Å². The first kappa shape index (κ1) is 7.92. The van der Waals surface area contributed by atoms with Gasteiger partial charge in [-0.15, -0.1) is 0 Å². The Balaban J connectivity index is 2.56. The topological polar surface area (TPSA) is 15.8 Å². The zero-order chi connectivity index (χ0) is 9.54. The molecule has 1 heterocycles. The summed E-state index contributed by atoms with van der Waals surface area (Å²) in [5, 5.41) is 4.06. The summed E-state index contributed by atoms with van der Waals surface area (Å²) in [5.41, 5.74) is 2.58. The number of hydrogen-bond acceptors (Lipinski definition) is 0. The fourth-order valence-electron chi connectivity index (χ4n) is 2.19. The molecule has 2 heteroatoms. The summed E-state index contributed by atoms with van der Waals surface area (Å²) >= 11 is 0. The Morgan fingerprint density at radius 1 is 1.14 bits per heavy atom. The van der Waals surface area contributed by atoms with Gasteiger partial charge >= 0.3 is 0 Å². The smallest absolute Gasteiger partial charge is 0.139 e. The molecule has 0 radical (unpaired) electrons. The molecule has 1 aliphatic rings. The first-order valence-electron chi connectivity index (χ1n) is 5.13. The highest BCUT2D eigenvalue weighted by atomic mass is 14.7. The number of aromatic nitrogens is 1. The monoisotopic (exact) mass is 181 g/mol. The lowest BCUT2D eigenvalue weighted by Crippen LogP contribution is -2.24. The van der Waals surface area contributed by atoms with E-state index in [2.05, 4.69) is 43.2 Å². The largest absolute Gasteiger partial charge is 0.355 e. The van der Waals surface area contributed by atoms with E-state index in [4.69, 9.17) is 0 Å². The highest BCUT2D eigenvalue weighted by Gasteiger charge is 2.02. The van der Waals surface area contributed by atoms with Gasteiger partial charge in [-0.1, -0.05) is 29.7 Å². The second-order valence-electron chi connectivity index (χ2n) is 3.99. The van der Waals surface area contributed by atoms with E-state index in [0.717, 1.165) is 0 Å². The SMILES string of the molecule is Bc1ccc2c3c([nH]c2c1)=CCCC=3. The summed E-state index contributed by atoms with van der Waals surface area (Å²) in [5.74, 6) is 0. The summed E-state index contributed by atoms with van der Waals surface area (Å²) < 4.78 is 0. The van der Waals surface area contributed by atoms with Gasteiger partial charge in [-0.3, -0.25) is 0 Å². The van der Waals surface area contributed by atoms with Crippen LogP contribution in [0.5, 0.6) is 0 Å². The molecule has 1 aliphatic carbocycles. The normalized spacial score (nSPS) is 14.6. The molecule has 1 N–H and O–H groups in total. The van der Waals surface area contributed by atoms with Gasteiger partial charge in [0.05, 0.1) is 0 Å². The lowest BCUT2D eigenvalue weighted by Gasteiger charge is -1.94. The van der Waals surface area contributed by atoms with Gasteiger partial charge < -0.3 is 4.98 Å². The molecule has 0 saturated carbocycles. The van der Waals surface area contributed by atoms with Crippen molar-refractivity contribution in [2.24, 2.45) is 0 Å². The number of H-pyrrole nitrogens is 1. The second-order valence-corrected chi connectivity index (χ2v) is 3.99. The van der Waals surface area contributed by atoms with E-state index in [1.165, 1.54) is 39.8 Å². The molecular weight excluding hydrogens is 169 g/mol. The molecule has 3 rings (SSSR count). The van der Waals surface area contributed by atoms with Crippen molar-refractivity contribution in [2.45, 2.75) is 12.8 Å². The Morgan fingerprint density at radius 3 is 2.93 bits per heavy atom. The predicted molar refractivity (Wildman–Crippen MR) is 63.9 cm³/mol. The molecule has 0 atom stereocenters. The fraction of sp³-hybridized carbons (Fsp3) is 0.167. The zero-order valence-corrected chi connectivity index (χ0v) is 8.30. The summed E-state index contributed by atoms with van der Waals surface area (Å²) in [6.07, 6.45) is 6.97. The minimum absolute atomic E-state index is 1.17. The third kappa shape index (κ3) is 1.03. The molecule has 1 aromatic heterocycles. The van der Waals surface area contributed by atoms with Crippen molar-refractivity contribution in [3.8, 4) is 0 Å². The number of nitrogens with one attached hydrogen (secondary N) is 1. The molecule has 68 valence electrons. The van der Waals surface area contributed by atoms with Crippen LogP contribution in [0.2, 0.25) is 0 Å². The zero-order valence-electron chi connectivity index (χ0n) is 8.30. The summed E-state index contributed by atoms with van der Waals surface area (Å²) in [7, 11) is 2.13. The Morgan fingerprint density at radius 2 is 2.00 bits per heavy atom. The molecule has 0 fully saturated rings. The predicted octanol–water partition coefficient (Wildman–Crippen LogP) is -0.219. The van der Waals surface area contributed by atoms with Gasteiger partial charge in [0.2, 0.25) is 0 Å². The molecule has 14 heavy (non-hydrogen) atoms. The third-order valence-corrected chi connectivity index (χ3v) is 2.89. The maximum Gasteiger partial charge on any atom is 0.139 e. The van der Waals surface area contributed by atoms with Crippen molar-refractivity contribution in [3.63, 3.8) is 0 Å². The summed E-state index contributed by atoms with van der Waals surface area (Å²) in [4.78, 5) is 3.47. The van der Waals surface area contributed by atoms with Crippen LogP contribution in [0.4, 0.5) is 0 Å². The van der Waals surface area contributed by atoms with Gasteiger partial charge in [-0.25, -0.2) is 0 Å². The lowest BCUT2D eigenvalue weighted by molar-refractivity contribution is 1.11. The molecule has 0 bridgehead atoms. The quantitative estimate of drug-likeness (QED) is 0.541. The van der Waals surface area contributed by atoms with Gasteiger partial charge in [-0.05, 0) is 18.9 Å². The average molecular weight is 181 g/mol. The minimum Gasteiger partial charge on any atom is -0.355 e. The lowest BCUT2D eigenvalue weighted by atomic mass is 9.95. The molecule has 0 amide bonds. The number of aromatic amines is 1. The van der Waals surface area contributed by atoms with Gasteiger partial charge in [0.15, 0.2) is 0 Å². The van der Waals surface area contributed by atoms with Crippen LogP contribution in [0.1, 0.15) is 12.8 Å². The van der Waals surface area contributed by atoms with Crippen LogP contribution in [0.15, 0.2) is 18.2 Å². The minimum atomic E-state index is 1.17. The Labute approximate surface area is 83.5 Å². The average Bonchev–Trinajstić information content (AvgIpc) is 2.54. The van der Waals surface area contributed by atoms with E-state index in [-0.39, 0.29) is 0 Å². The molecule has 0 saturated heterocycles. The summed E-state index contributed by atoms with van der Waals surface area (Å²) in [6, 6.07) is 6.61. The van der Waals surface area contributed by atoms with E-state index in [0.29, 0.717) is 0 Å². The van der Waals surface area contributed by atoms with Crippen molar-refractivity contribution in [2.75, 3.05) is 0 Å². The van der Waals surface area contributed by atoms with Crippen molar-refractivity contribution < 1.29 is 0 Å². The maximum absolute atomic E-state index is 3.47. The molecule has 2 aromatic rings. The Kier molecular flexibility index (Phi) is 1.57. The third-order valence-electron chi connectivity index (χ3n) is 2.89. The van der Waals surface area contributed by atoms with Crippen LogP contribution in [0, 0.1) is 0 Å². The van der Waals surface area contributed by atoms with E-state index in [1.807, 2.05) is 0 Å². The van der Waals surface area contributed by atoms with Crippen molar-refractivity contribution in [1.29, 1.82) is 0 Å². The maximum atomic E-state index is 3.47.